The molecule has 2 aromatic heterocycles. The number of hydrogen-bond donors (Lipinski definition) is 2. The van der Waals surface area contributed by atoms with Crippen LogP contribution in [0, 0.1) is 0 Å². The lowest BCUT2D eigenvalue weighted by Crippen LogP contribution is -2.15. The predicted molar refractivity (Wildman–Crippen MR) is 128 cm³/mol. The van der Waals surface area contributed by atoms with E-state index in [0.29, 0.717) is 22.4 Å². The fourth-order valence-electron chi connectivity index (χ4n) is 3.07. The molecule has 4 aromatic rings. The van der Waals surface area contributed by atoms with E-state index < -0.39 is 10.0 Å². The van der Waals surface area contributed by atoms with Crippen LogP contribution in [0.25, 0.3) is 17.1 Å². The lowest BCUT2D eigenvalue weighted by Gasteiger charge is -2.11. The third-order valence-electron chi connectivity index (χ3n) is 4.70. The van der Waals surface area contributed by atoms with E-state index in [9.17, 15) is 13.2 Å². The van der Waals surface area contributed by atoms with Crippen LogP contribution in [0.5, 0.6) is 5.75 Å². The molecule has 0 fully saturated rings. The molecule has 34 heavy (non-hydrogen) atoms. The molecule has 0 spiro atoms. The van der Waals surface area contributed by atoms with Gasteiger partial charge in [0.05, 0.1) is 17.8 Å². The van der Waals surface area contributed by atoms with E-state index in [4.69, 9.17) is 9.88 Å². The highest BCUT2D eigenvalue weighted by Gasteiger charge is 2.18. The number of carbonyl (C=O) groups is 1. The van der Waals surface area contributed by atoms with Crippen molar-refractivity contribution in [2.45, 2.75) is 10.1 Å². The van der Waals surface area contributed by atoms with Crippen LogP contribution in [0.2, 0.25) is 0 Å². The van der Waals surface area contributed by atoms with Crippen molar-refractivity contribution in [2.75, 3.05) is 18.2 Å². The Morgan fingerprint density at radius 2 is 1.71 bits per heavy atom. The summed E-state index contributed by atoms with van der Waals surface area (Å²) >= 11 is 1.22. The summed E-state index contributed by atoms with van der Waals surface area (Å²) < 4.78 is 29.9. The Bertz CT molecular complexity index is 1390. The standard InChI is InChI=1S/C22H20N6O4S2/c1-32-18-6-4-17(5-7-18)28-21(15-10-12-24-13-11-15)26-27-22(28)33-14-20(29)25-16-2-8-19(9-3-16)34(23,30)31/h2-13H,14H2,1H3,(H,25,29)(H2,23,30,31). The summed E-state index contributed by atoms with van der Waals surface area (Å²) in [6.07, 6.45) is 3.34. The summed E-state index contributed by atoms with van der Waals surface area (Å²) in [5.41, 5.74) is 2.08. The van der Waals surface area contributed by atoms with Gasteiger partial charge in [-0.3, -0.25) is 14.3 Å². The van der Waals surface area contributed by atoms with E-state index in [1.54, 1.807) is 19.5 Å². The number of thioether (sulfide) groups is 1. The number of aromatic nitrogens is 4. The number of amides is 1. The molecule has 0 unspecified atom stereocenters. The second-order valence-electron chi connectivity index (χ2n) is 6.98. The number of primary sulfonamides is 1. The average Bonchev–Trinajstić information content (AvgIpc) is 3.27. The van der Waals surface area contributed by atoms with Crippen LogP contribution in [0.4, 0.5) is 5.69 Å². The number of anilines is 1. The van der Waals surface area contributed by atoms with E-state index in [1.807, 2.05) is 41.0 Å². The maximum absolute atomic E-state index is 12.5. The summed E-state index contributed by atoms with van der Waals surface area (Å²) in [7, 11) is -2.20. The van der Waals surface area contributed by atoms with Crippen molar-refractivity contribution in [3.05, 3.63) is 73.1 Å². The molecule has 2 heterocycles. The maximum atomic E-state index is 12.5. The van der Waals surface area contributed by atoms with Gasteiger partial charge >= 0.3 is 0 Å². The van der Waals surface area contributed by atoms with Crippen molar-refractivity contribution in [2.24, 2.45) is 5.14 Å². The molecule has 1 amide bonds. The molecule has 0 aliphatic carbocycles. The van der Waals surface area contributed by atoms with E-state index in [-0.39, 0.29) is 16.6 Å². The van der Waals surface area contributed by atoms with Gasteiger partial charge < -0.3 is 10.1 Å². The molecule has 2 aromatic carbocycles. The second kappa shape index (κ2) is 10.0. The molecule has 174 valence electrons. The zero-order valence-electron chi connectivity index (χ0n) is 18.0. The van der Waals surface area contributed by atoms with Gasteiger partial charge in [-0.1, -0.05) is 11.8 Å². The highest BCUT2D eigenvalue weighted by Crippen LogP contribution is 2.28. The number of nitrogens with one attached hydrogen (secondary N) is 1. The lowest BCUT2D eigenvalue weighted by atomic mass is 10.2. The molecule has 0 aliphatic heterocycles. The van der Waals surface area contributed by atoms with Crippen LogP contribution < -0.4 is 15.2 Å². The normalized spacial score (nSPS) is 11.2. The Balaban J connectivity index is 1.54. The summed E-state index contributed by atoms with van der Waals surface area (Å²) in [5, 5.41) is 17.0. The van der Waals surface area contributed by atoms with E-state index in [1.165, 1.54) is 36.0 Å². The molecule has 0 saturated carbocycles. The van der Waals surface area contributed by atoms with E-state index >= 15 is 0 Å². The fourth-order valence-corrected chi connectivity index (χ4v) is 4.34. The number of methoxy groups -OCH3 is 1. The predicted octanol–water partition coefficient (Wildman–Crippen LogP) is 2.72. The SMILES string of the molecule is COc1ccc(-n2c(SCC(=O)Nc3ccc(S(N)(=O)=O)cc3)nnc2-c2ccncc2)cc1. The van der Waals surface area contributed by atoms with Crippen molar-refractivity contribution in [3.8, 4) is 22.8 Å². The molecule has 0 aliphatic rings. The Morgan fingerprint density at radius 3 is 2.32 bits per heavy atom. The minimum Gasteiger partial charge on any atom is -0.497 e. The number of hydrogen-bond acceptors (Lipinski definition) is 8. The topological polar surface area (TPSA) is 142 Å². The van der Waals surface area contributed by atoms with Crippen molar-refractivity contribution in [1.82, 2.24) is 19.7 Å². The Kier molecular flexibility index (Phi) is 6.91. The van der Waals surface area contributed by atoms with Crippen molar-refractivity contribution >= 4 is 33.4 Å². The molecule has 10 nitrogen and oxygen atoms in total. The molecule has 0 atom stereocenters. The van der Waals surface area contributed by atoms with Gasteiger partial charge in [-0.2, -0.15) is 0 Å². The Morgan fingerprint density at radius 1 is 1.03 bits per heavy atom. The first-order chi connectivity index (χ1) is 16.3. The smallest absolute Gasteiger partial charge is 0.238 e. The first-order valence-corrected chi connectivity index (χ1v) is 12.4. The van der Waals surface area contributed by atoms with Crippen molar-refractivity contribution < 1.29 is 17.9 Å². The Hall–Kier alpha value is -3.74. The molecule has 12 heteroatoms. The Labute approximate surface area is 200 Å². The molecule has 0 saturated heterocycles. The van der Waals surface area contributed by atoms with Gasteiger partial charge in [-0.25, -0.2) is 13.6 Å². The zero-order chi connectivity index (χ0) is 24.1. The van der Waals surface area contributed by atoms with Gasteiger partial charge in [0.2, 0.25) is 15.9 Å². The number of benzene rings is 2. The highest BCUT2D eigenvalue weighted by atomic mass is 32.2. The quantitative estimate of drug-likeness (QED) is 0.355. The number of ether oxygens (including phenoxy) is 1. The minimum atomic E-state index is -3.80. The monoisotopic (exact) mass is 496 g/mol. The van der Waals surface area contributed by atoms with Gasteiger partial charge in [0.15, 0.2) is 11.0 Å². The number of nitrogens with two attached hydrogens (primary N) is 1. The van der Waals surface area contributed by atoms with Crippen LogP contribution in [-0.2, 0) is 14.8 Å². The molecule has 3 N–H and O–H groups in total. The second-order valence-corrected chi connectivity index (χ2v) is 9.49. The van der Waals surface area contributed by atoms with Crippen LogP contribution in [0.3, 0.4) is 0 Å². The summed E-state index contributed by atoms with van der Waals surface area (Å²) in [5.74, 6) is 1.09. The van der Waals surface area contributed by atoms with Crippen LogP contribution in [0.1, 0.15) is 0 Å². The number of pyridine rings is 1. The summed E-state index contributed by atoms with van der Waals surface area (Å²) in [6.45, 7) is 0. The largest absolute Gasteiger partial charge is 0.497 e. The average molecular weight is 497 g/mol. The zero-order valence-corrected chi connectivity index (χ0v) is 19.6. The van der Waals surface area contributed by atoms with E-state index in [2.05, 4.69) is 20.5 Å². The lowest BCUT2D eigenvalue weighted by molar-refractivity contribution is -0.113. The van der Waals surface area contributed by atoms with Gasteiger partial charge in [0.1, 0.15) is 5.75 Å². The number of sulfonamides is 1. The molecule has 0 radical (unpaired) electrons. The molecular weight excluding hydrogens is 476 g/mol. The van der Waals surface area contributed by atoms with Crippen molar-refractivity contribution in [3.63, 3.8) is 0 Å². The van der Waals surface area contributed by atoms with Crippen LogP contribution >= 0.6 is 11.8 Å². The third-order valence-corrected chi connectivity index (χ3v) is 6.56. The van der Waals surface area contributed by atoms with E-state index in [0.717, 1.165) is 11.3 Å². The number of carbonyl (C=O) groups excluding carboxylic acids is 1. The molecule has 0 bridgehead atoms. The van der Waals surface area contributed by atoms with Crippen LogP contribution in [0.15, 0.2) is 83.1 Å². The molecular formula is C22H20N6O4S2. The highest BCUT2D eigenvalue weighted by molar-refractivity contribution is 7.99. The van der Waals surface area contributed by atoms with Gasteiger partial charge in [-0.15, -0.1) is 10.2 Å². The number of nitrogens with zero attached hydrogens (tertiary/aromatic N) is 4. The summed E-state index contributed by atoms with van der Waals surface area (Å²) in [6, 6.07) is 16.7. The maximum Gasteiger partial charge on any atom is 0.238 e. The fraction of sp³-hybridized carbons (Fsp3) is 0.0909. The van der Waals surface area contributed by atoms with Crippen LogP contribution in [-0.4, -0.2) is 46.9 Å². The number of rotatable bonds is 8. The first-order valence-electron chi connectivity index (χ1n) is 9.91. The summed E-state index contributed by atoms with van der Waals surface area (Å²) in [4.78, 5) is 16.5. The van der Waals surface area contributed by atoms with Crippen molar-refractivity contribution in [1.29, 1.82) is 0 Å². The van der Waals surface area contributed by atoms with Gasteiger partial charge in [0, 0.05) is 29.3 Å². The minimum absolute atomic E-state index is 0.0314. The molecule has 4 rings (SSSR count). The van der Waals surface area contributed by atoms with Gasteiger partial charge in [-0.05, 0) is 60.7 Å². The van der Waals surface area contributed by atoms with Gasteiger partial charge in [0.25, 0.3) is 0 Å². The first kappa shape index (κ1) is 23.4. The third kappa shape index (κ3) is 5.42.